The van der Waals surface area contributed by atoms with E-state index in [0.717, 1.165) is 0 Å². The Labute approximate surface area is 88.4 Å². The molecule has 0 unspecified atom stereocenters. The number of fused-ring (bicyclic) bond motifs is 1. The van der Waals surface area contributed by atoms with Gasteiger partial charge in [0, 0.05) is 0 Å². The van der Waals surface area contributed by atoms with Crippen molar-refractivity contribution in [2.24, 2.45) is 0 Å². The fraction of sp³-hybridized carbons (Fsp3) is 0.222. The van der Waals surface area contributed by atoms with Crippen LogP contribution in [-0.2, 0) is 4.74 Å². The summed E-state index contributed by atoms with van der Waals surface area (Å²) in [6, 6.07) is 4.07. The van der Waals surface area contributed by atoms with Gasteiger partial charge < -0.3 is 9.47 Å². The zero-order valence-electron chi connectivity index (χ0n) is 7.62. The lowest BCUT2D eigenvalue weighted by Gasteiger charge is -2.05. The molecule has 1 heterocycles. The molecule has 1 aromatic rings. The smallest absolute Gasteiger partial charge is 0.457 e. The SMILES string of the molecule is COC(=O)c1ccc2c(c1)OC(F)(F)S2. The topological polar surface area (TPSA) is 35.5 Å². The summed E-state index contributed by atoms with van der Waals surface area (Å²) in [7, 11) is 1.22. The Bertz CT molecular complexity index is 420. The maximum absolute atomic E-state index is 12.8. The second kappa shape index (κ2) is 3.37. The Morgan fingerprint density at radius 3 is 2.93 bits per heavy atom. The minimum atomic E-state index is -3.25. The predicted octanol–water partition coefficient (Wildman–Crippen LogP) is 2.51. The van der Waals surface area contributed by atoms with Crippen LogP contribution in [0.4, 0.5) is 8.78 Å². The summed E-state index contributed by atoms with van der Waals surface area (Å²) in [5, 5.41) is 0. The summed E-state index contributed by atoms with van der Waals surface area (Å²) in [5.41, 5.74) is -3.06. The number of esters is 1. The van der Waals surface area contributed by atoms with E-state index >= 15 is 0 Å². The van der Waals surface area contributed by atoms with Crippen LogP contribution < -0.4 is 4.74 Å². The third-order valence-electron chi connectivity index (χ3n) is 1.82. The summed E-state index contributed by atoms with van der Waals surface area (Å²) in [6.07, 6.45) is 0. The monoisotopic (exact) mass is 232 g/mol. The van der Waals surface area contributed by atoms with Crippen molar-refractivity contribution in [1.29, 1.82) is 0 Å². The van der Waals surface area contributed by atoms with E-state index in [0.29, 0.717) is 16.7 Å². The van der Waals surface area contributed by atoms with Gasteiger partial charge in [0.15, 0.2) is 0 Å². The number of benzene rings is 1. The van der Waals surface area contributed by atoms with Gasteiger partial charge in [-0.2, -0.15) is 8.78 Å². The second-order valence-corrected chi connectivity index (χ2v) is 3.94. The lowest BCUT2D eigenvalue weighted by atomic mass is 10.2. The van der Waals surface area contributed by atoms with Crippen LogP contribution in [0.3, 0.4) is 0 Å². The van der Waals surface area contributed by atoms with Crippen molar-refractivity contribution in [1.82, 2.24) is 0 Å². The van der Waals surface area contributed by atoms with Crippen LogP contribution >= 0.6 is 11.8 Å². The summed E-state index contributed by atoms with van der Waals surface area (Å²) in [5.74, 6) is -0.575. The lowest BCUT2D eigenvalue weighted by Crippen LogP contribution is -2.13. The van der Waals surface area contributed by atoms with Gasteiger partial charge in [-0.25, -0.2) is 4.79 Å². The molecule has 2 rings (SSSR count). The van der Waals surface area contributed by atoms with E-state index in [4.69, 9.17) is 0 Å². The maximum atomic E-state index is 12.8. The molecule has 0 saturated heterocycles. The Morgan fingerprint density at radius 1 is 1.53 bits per heavy atom. The molecule has 0 amide bonds. The average Bonchev–Trinajstić information content (AvgIpc) is 2.49. The van der Waals surface area contributed by atoms with Crippen molar-refractivity contribution >= 4 is 17.7 Å². The number of ether oxygens (including phenoxy) is 2. The standard InChI is InChI=1S/C9H6F2O3S/c1-13-8(12)5-2-3-7-6(4-5)14-9(10,11)15-7/h2-4H,1H3. The van der Waals surface area contributed by atoms with E-state index in [-0.39, 0.29) is 11.3 Å². The Hall–Kier alpha value is -1.30. The minimum Gasteiger partial charge on any atom is -0.465 e. The van der Waals surface area contributed by atoms with Crippen LogP contribution in [-0.4, -0.2) is 18.5 Å². The Kier molecular flexibility index (Phi) is 2.30. The number of hydrogen-bond acceptors (Lipinski definition) is 4. The van der Waals surface area contributed by atoms with Crippen molar-refractivity contribution in [3.05, 3.63) is 23.8 Å². The molecule has 80 valence electrons. The molecule has 0 aliphatic carbocycles. The molecular weight excluding hydrogens is 226 g/mol. The molecule has 3 nitrogen and oxygen atoms in total. The molecule has 6 heteroatoms. The van der Waals surface area contributed by atoms with Crippen LogP contribution in [0.1, 0.15) is 10.4 Å². The molecule has 1 aromatic carbocycles. The number of carbonyl (C=O) groups is 1. The molecule has 0 bridgehead atoms. The number of hydrogen-bond donors (Lipinski definition) is 0. The second-order valence-electron chi connectivity index (χ2n) is 2.82. The molecule has 0 aromatic heterocycles. The van der Waals surface area contributed by atoms with Gasteiger partial charge in [0.25, 0.3) is 0 Å². The van der Waals surface area contributed by atoms with Gasteiger partial charge in [0.2, 0.25) is 0 Å². The molecule has 0 N–H and O–H groups in total. The van der Waals surface area contributed by atoms with Gasteiger partial charge in [-0.15, -0.1) is 0 Å². The summed E-state index contributed by atoms with van der Waals surface area (Å²) >= 11 is 0.314. The summed E-state index contributed by atoms with van der Waals surface area (Å²) in [6.45, 7) is 0. The largest absolute Gasteiger partial charge is 0.465 e. The van der Waals surface area contributed by atoms with Gasteiger partial charge in [-0.3, -0.25) is 0 Å². The van der Waals surface area contributed by atoms with Gasteiger partial charge in [0.1, 0.15) is 5.75 Å². The fourth-order valence-corrected chi connectivity index (χ4v) is 1.92. The highest BCUT2D eigenvalue weighted by atomic mass is 32.2. The fourth-order valence-electron chi connectivity index (χ4n) is 1.19. The normalized spacial score (nSPS) is 16.7. The number of alkyl halides is 2. The first-order valence-corrected chi connectivity index (χ1v) is 4.82. The minimum absolute atomic E-state index is 0.00731. The van der Waals surface area contributed by atoms with Gasteiger partial charge in [-0.05, 0) is 30.0 Å². The third kappa shape index (κ3) is 1.90. The first-order chi connectivity index (χ1) is 7.02. The van der Waals surface area contributed by atoms with E-state index in [1.165, 1.54) is 25.3 Å². The van der Waals surface area contributed by atoms with Gasteiger partial charge >= 0.3 is 11.4 Å². The van der Waals surface area contributed by atoms with Crippen LogP contribution in [0, 0.1) is 0 Å². The lowest BCUT2D eigenvalue weighted by molar-refractivity contribution is -0.0822. The predicted molar refractivity (Wildman–Crippen MR) is 49.2 cm³/mol. The van der Waals surface area contributed by atoms with E-state index in [1.807, 2.05) is 0 Å². The van der Waals surface area contributed by atoms with Crippen molar-refractivity contribution in [2.75, 3.05) is 7.11 Å². The summed E-state index contributed by atoms with van der Waals surface area (Å²) < 4.78 is 34.4. The number of thioether (sulfide) groups is 1. The zero-order valence-corrected chi connectivity index (χ0v) is 8.44. The van der Waals surface area contributed by atoms with E-state index in [1.54, 1.807) is 0 Å². The van der Waals surface area contributed by atoms with Crippen molar-refractivity contribution in [2.45, 2.75) is 10.3 Å². The highest BCUT2D eigenvalue weighted by molar-refractivity contribution is 8.00. The average molecular weight is 232 g/mol. The van der Waals surface area contributed by atoms with E-state index in [9.17, 15) is 13.6 Å². The third-order valence-corrected chi connectivity index (χ3v) is 2.70. The first kappa shape index (κ1) is 10.2. The Balaban J connectivity index is 2.34. The number of methoxy groups -OCH3 is 1. The van der Waals surface area contributed by atoms with Crippen LogP contribution in [0.2, 0.25) is 0 Å². The number of rotatable bonds is 1. The molecule has 1 aliphatic rings. The van der Waals surface area contributed by atoms with E-state index in [2.05, 4.69) is 9.47 Å². The quantitative estimate of drug-likeness (QED) is 0.697. The molecule has 0 spiro atoms. The van der Waals surface area contributed by atoms with Crippen molar-refractivity contribution < 1.29 is 23.0 Å². The van der Waals surface area contributed by atoms with Crippen LogP contribution in [0.5, 0.6) is 5.75 Å². The molecule has 0 fully saturated rings. The highest BCUT2D eigenvalue weighted by Gasteiger charge is 2.41. The molecule has 0 radical (unpaired) electrons. The summed E-state index contributed by atoms with van der Waals surface area (Å²) in [4.78, 5) is 11.4. The first-order valence-electron chi connectivity index (χ1n) is 4.00. The van der Waals surface area contributed by atoms with Gasteiger partial charge in [-0.1, -0.05) is 0 Å². The molecule has 0 saturated carbocycles. The number of carbonyl (C=O) groups excluding carboxylic acids is 1. The van der Waals surface area contributed by atoms with Crippen molar-refractivity contribution in [3.8, 4) is 5.75 Å². The van der Waals surface area contributed by atoms with Crippen LogP contribution in [0.15, 0.2) is 23.1 Å². The molecule has 0 atom stereocenters. The van der Waals surface area contributed by atoms with E-state index < -0.39 is 11.4 Å². The Morgan fingerprint density at radius 2 is 2.27 bits per heavy atom. The molecular formula is C9H6F2O3S. The molecule has 15 heavy (non-hydrogen) atoms. The number of halogens is 2. The maximum Gasteiger partial charge on any atom is 0.457 e. The molecule has 1 aliphatic heterocycles. The van der Waals surface area contributed by atoms with Gasteiger partial charge in [0.05, 0.1) is 17.6 Å². The van der Waals surface area contributed by atoms with Crippen LogP contribution in [0.25, 0.3) is 0 Å². The highest BCUT2D eigenvalue weighted by Crippen LogP contribution is 2.49. The zero-order chi connectivity index (χ0) is 11.1. The van der Waals surface area contributed by atoms with Crippen molar-refractivity contribution in [3.63, 3.8) is 0 Å².